The van der Waals surface area contributed by atoms with Crippen LogP contribution in [0.15, 0.2) is 10.5 Å². The Morgan fingerprint density at radius 3 is 2.67 bits per heavy atom. The van der Waals surface area contributed by atoms with Crippen molar-refractivity contribution in [1.82, 2.24) is 0 Å². The van der Waals surface area contributed by atoms with Crippen LogP contribution in [0.3, 0.4) is 0 Å². The first kappa shape index (κ1) is 12.5. The van der Waals surface area contributed by atoms with Crippen LogP contribution in [0.25, 0.3) is 0 Å². The molecule has 0 saturated heterocycles. The molecule has 0 fully saturated rings. The van der Waals surface area contributed by atoms with Crippen molar-refractivity contribution in [2.24, 2.45) is 0 Å². The Morgan fingerprint density at radius 1 is 1.60 bits per heavy atom. The molecule has 0 bridgehead atoms. The summed E-state index contributed by atoms with van der Waals surface area (Å²) in [6.45, 7) is 3.53. The first-order chi connectivity index (χ1) is 6.97. The molecule has 0 amide bonds. The van der Waals surface area contributed by atoms with Gasteiger partial charge >= 0.3 is 0 Å². The van der Waals surface area contributed by atoms with Gasteiger partial charge < -0.3 is 9.84 Å². The third kappa shape index (κ3) is 2.69. The SMILES string of the molecule is COc1c(F)cc(Br)c(C)c1CC(C)O. The fourth-order valence-electron chi connectivity index (χ4n) is 1.51. The fraction of sp³-hybridized carbons (Fsp3) is 0.455. The van der Waals surface area contributed by atoms with Gasteiger partial charge in [0.2, 0.25) is 0 Å². The molecule has 0 aromatic heterocycles. The van der Waals surface area contributed by atoms with E-state index in [9.17, 15) is 9.50 Å². The van der Waals surface area contributed by atoms with Crippen LogP contribution in [0.4, 0.5) is 4.39 Å². The number of ether oxygens (including phenoxy) is 1. The van der Waals surface area contributed by atoms with E-state index in [-0.39, 0.29) is 5.75 Å². The summed E-state index contributed by atoms with van der Waals surface area (Å²) in [5.74, 6) is -0.192. The molecule has 84 valence electrons. The summed E-state index contributed by atoms with van der Waals surface area (Å²) >= 11 is 3.27. The maximum Gasteiger partial charge on any atom is 0.166 e. The highest BCUT2D eigenvalue weighted by Crippen LogP contribution is 2.32. The summed E-state index contributed by atoms with van der Waals surface area (Å²) in [6, 6.07) is 1.37. The van der Waals surface area contributed by atoms with Gasteiger partial charge in [-0.15, -0.1) is 0 Å². The van der Waals surface area contributed by atoms with E-state index in [1.54, 1.807) is 6.92 Å². The van der Waals surface area contributed by atoms with E-state index >= 15 is 0 Å². The summed E-state index contributed by atoms with van der Waals surface area (Å²) in [6.07, 6.45) is -0.142. The van der Waals surface area contributed by atoms with Crippen LogP contribution in [-0.2, 0) is 6.42 Å². The van der Waals surface area contributed by atoms with E-state index in [1.165, 1.54) is 13.2 Å². The number of hydrogen-bond donors (Lipinski definition) is 1. The molecule has 2 nitrogen and oxygen atoms in total. The molecule has 0 aliphatic heterocycles. The van der Waals surface area contributed by atoms with Crippen molar-refractivity contribution in [2.75, 3.05) is 7.11 Å². The zero-order valence-corrected chi connectivity index (χ0v) is 10.6. The molecule has 1 unspecified atom stereocenters. The lowest BCUT2D eigenvalue weighted by Gasteiger charge is -2.15. The molecule has 1 atom stereocenters. The molecule has 0 heterocycles. The van der Waals surface area contributed by atoms with Gasteiger partial charge in [-0.1, -0.05) is 15.9 Å². The molecule has 0 spiro atoms. The molecular formula is C11H14BrFO2. The Balaban J connectivity index is 3.30. The van der Waals surface area contributed by atoms with Crippen LogP contribution in [-0.4, -0.2) is 18.3 Å². The first-order valence-electron chi connectivity index (χ1n) is 4.67. The normalized spacial score (nSPS) is 12.7. The molecule has 15 heavy (non-hydrogen) atoms. The maximum absolute atomic E-state index is 13.5. The predicted molar refractivity (Wildman–Crippen MR) is 60.8 cm³/mol. The maximum atomic E-state index is 13.5. The third-order valence-electron chi connectivity index (χ3n) is 2.26. The number of aliphatic hydroxyl groups excluding tert-OH is 1. The largest absolute Gasteiger partial charge is 0.493 e. The Morgan fingerprint density at radius 2 is 2.20 bits per heavy atom. The number of hydrogen-bond acceptors (Lipinski definition) is 2. The van der Waals surface area contributed by atoms with Crippen molar-refractivity contribution < 1.29 is 14.2 Å². The first-order valence-corrected chi connectivity index (χ1v) is 5.46. The summed E-state index contributed by atoms with van der Waals surface area (Å²) in [5, 5.41) is 9.34. The van der Waals surface area contributed by atoms with E-state index < -0.39 is 11.9 Å². The standard InChI is InChI=1S/C11H14BrFO2/c1-6(14)4-8-7(2)9(12)5-10(13)11(8)15-3/h5-6,14H,4H2,1-3H3. The number of halogens is 2. The van der Waals surface area contributed by atoms with Crippen LogP contribution in [0.1, 0.15) is 18.1 Å². The highest BCUT2D eigenvalue weighted by atomic mass is 79.9. The third-order valence-corrected chi connectivity index (χ3v) is 3.08. The lowest BCUT2D eigenvalue weighted by molar-refractivity contribution is 0.193. The molecule has 1 aromatic carbocycles. The van der Waals surface area contributed by atoms with Gasteiger partial charge in [-0.2, -0.15) is 0 Å². The Kier molecular flexibility index (Phi) is 4.11. The second-order valence-electron chi connectivity index (χ2n) is 3.53. The number of methoxy groups -OCH3 is 1. The Bertz CT molecular complexity index is 364. The van der Waals surface area contributed by atoms with E-state index in [0.29, 0.717) is 16.5 Å². The molecule has 1 rings (SSSR count). The van der Waals surface area contributed by atoms with E-state index in [2.05, 4.69) is 15.9 Å². The smallest absolute Gasteiger partial charge is 0.166 e. The minimum atomic E-state index is -0.522. The van der Waals surface area contributed by atoms with Gasteiger partial charge in [0.05, 0.1) is 13.2 Å². The van der Waals surface area contributed by atoms with Crippen LogP contribution in [0, 0.1) is 12.7 Å². The Labute approximate surface area is 97.2 Å². The van der Waals surface area contributed by atoms with Gasteiger partial charge in [0, 0.05) is 16.5 Å². The second kappa shape index (κ2) is 4.94. The summed E-state index contributed by atoms with van der Waals surface area (Å²) in [7, 11) is 1.43. The fourth-order valence-corrected chi connectivity index (χ4v) is 1.95. The van der Waals surface area contributed by atoms with Crippen LogP contribution in [0.5, 0.6) is 5.75 Å². The van der Waals surface area contributed by atoms with Crippen molar-refractivity contribution in [1.29, 1.82) is 0 Å². The molecular weight excluding hydrogens is 263 g/mol. The molecule has 0 aliphatic rings. The van der Waals surface area contributed by atoms with Crippen LogP contribution in [0.2, 0.25) is 0 Å². The average Bonchev–Trinajstić information content (AvgIpc) is 2.13. The van der Waals surface area contributed by atoms with Crippen molar-refractivity contribution in [3.05, 3.63) is 27.5 Å². The minimum absolute atomic E-state index is 0.219. The second-order valence-corrected chi connectivity index (χ2v) is 4.38. The van der Waals surface area contributed by atoms with Crippen molar-refractivity contribution in [3.8, 4) is 5.75 Å². The van der Waals surface area contributed by atoms with E-state index in [1.807, 2.05) is 6.92 Å². The molecule has 0 radical (unpaired) electrons. The number of benzene rings is 1. The Hall–Kier alpha value is -0.610. The highest BCUT2D eigenvalue weighted by Gasteiger charge is 2.16. The zero-order chi connectivity index (χ0) is 11.6. The van der Waals surface area contributed by atoms with Crippen molar-refractivity contribution >= 4 is 15.9 Å². The molecule has 1 N–H and O–H groups in total. The van der Waals surface area contributed by atoms with Gasteiger partial charge in [-0.3, -0.25) is 0 Å². The van der Waals surface area contributed by atoms with Crippen LogP contribution < -0.4 is 4.74 Å². The molecule has 0 aliphatic carbocycles. The summed E-state index contributed by atoms with van der Waals surface area (Å²) < 4.78 is 19.2. The molecule has 1 aromatic rings. The quantitative estimate of drug-likeness (QED) is 0.920. The van der Waals surface area contributed by atoms with E-state index in [4.69, 9.17) is 4.74 Å². The zero-order valence-electron chi connectivity index (χ0n) is 8.97. The van der Waals surface area contributed by atoms with Crippen molar-refractivity contribution in [3.63, 3.8) is 0 Å². The average molecular weight is 277 g/mol. The van der Waals surface area contributed by atoms with Gasteiger partial charge in [0.15, 0.2) is 11.6 Å². The summed E-state index contributed by atoms with van der Waals surface area (Å²) in [4.78, 5) is 0. The van der Waals surface area contributed by atoms with Gasteiger partial charge in [0.25, 0.3) is 0 Å². The van der Waals surface area contributed by atoms with Crippen molar-refractivity contribution in [2.45, 2.75) is 26.4 Å². The topological polar surface area (TPSA) is 29.5 Å². The molecule has 4 heteroatoms. The predicted octanol–water partition coefficient (Wildman–Crippen LogP) is 2.83. The van der Waals surface area contributed by atoms with Crippen LogP contribution >= 0.6 is 15.9 Å². The number of rotatable bonds is 3. The van der Waals surface area contributed by atoms with E-state index in [0.717, 1.165) is 5.56 Å². The van der Waals surface area contributed by atoms with Gasteiger partial charge in [-0.05, 0) is 25.5 Å². The highest BCUT2D eigenvalue weighted by molar-refractivity contribution is 9.10. The summed E-state index contributed by atoms with van der Waals surface area (Å²) in [5.41, 5.74) is 1.61. The number of aliphatic hydroxyl groups is 1. The van der Waals surface area contributed by atoms with Gasteiger partial charge in [0.1, 0.15) is 0 Å². The molecule has 0 saturated carbocycles. The van der Waals surface area contributed by atoms with Gasteiger partial charge in [-0.25, -0.2) is 4.39 Å². The monoisotopic (exact) mass is 276 g/mol. The lowest BCUT2D eigenvalue weighted by atomic mass is 10.0. The minimum Gasteiger partial charge on any atom is -0.493 e. The lowest BCUT2D eigenvalue weighted by Crippen LogP contribution is -2.09.